The largest absolute Gasteiger partial charge is 0.499 e. The van der Waals surface area contributed by atoms with Gasteiger partial charge >= 0.3 is 11.7 Å². The molecule has 8 nitrogen and oxygen atoms in total. The summed E-state index contributed by atoms with van der Waals surface area (Å²) in [5.41, 5.74) is 6.64. The zero-order valence-corrected chi connectivity index (χ0v) is 13.9. The van der Waals surface area contributed by atoms with E-state index >= 15 is 0 Å². The number of hydrogen-bond donors (Lipinski definition) is 2. The van der Waals surface area contributed by atoms with Crippen molar-refractivity contribution < 1.29 is 9.47 Å². The molecule has 0 amide bonds. The summed E-state index contributed by atoms with van der Waals surface area (Å²) in [6.07, 6.45) is 3.53. The summed E-state index contributed by atoms with van der Waals surface area (Å²) < 4.78 is 12.5. The number of nitrogen functional groups attached to an aromatic ring is 1. The Kier molecular flexibility index (Phi) is 4.73. The standard InChI is InChI=1S/C16H23N5O3/c1-3-4-6-24-15-19-13(17)12-14(20-15)21(16(22)18-12)9-11-5-7-23-10(2)8-11/h11H,2-9H2,1H3,(H,18,22)(H2,17,19,20). The number of nitrogens with zero attached hydrogens (tertiary/aromatic N) is 3. The topological polar surface area (TPSA) is 108 Å². The lowest BCUT2D eigenvalue weighted by Crippen LogP contribution is -2.25. The van der Waals surface area contributed by atoms with E-state index in [-0.39, 0.29) is 23.4 Å². The molecule has 0 aromatic carbocycles. The van der Waals surface area contributed by atoms with E-state index < -0.39 is 0 Å². The molecule has 0 saturated carbocycles. The van der Waals surface area contributed by atoms with Crippen LogP contribution >= 0.6 is 0 Å². The van der Waals surface area contributed by atoms with Gasteiger partial charge in [-0.15, -0.1) is 0 Å². The Bertz CT molecular complexity index is 795. The minimum Gasteiger partial charge on any atom is -0.499 e. The highest BCUT2D eigenvalue weighted by molar-refractivity contribution is 5.81. The number of hydrogen-bond acceptors (Lipinski definition) is 6. The number of imidazole rings is 1. The molecule has 1 aliphatic heterocycles. The van der Waals surface area contributed by atoms with Crippen LogP contribution in [-0.4, -0.2) is 32.7 Å². The SMILES string of the molecule is C=C1CC(Cn2c(=O)[nH]c3c(N)nc(OCCCC)nc32)CCO1. The van der Waals surface area contributed by atoms with Crippen molar-refractivity contribution in [1.82, 2.24) is 19.5 Å². The molecule has 0 spiro atoms. The highest BCUT2D eigenvalue weighted by Crippen LogP contribution is 2.25. The molecule has 8 heteroatoms. The van der Waals surface area contributed by atoms with Gasteiger partial charge in [0.2, 0.25) is 0 Å². The first kappa shape index (κ1) is 16.4. The first-order valence-corrected chi connectivity index (χ1v) is 8.28. The zero-order valence-electron chi connectivity index (χ0n) is 13.9. The van der Waals surface area contributed by atoms with Gasteiger partial charge in [0.15, 0.2) is 11.5 Å². The summed E-state index contributed by atoms with van der Waals surface area (Å²) in [5, 5.41) is 0. The second-order valence-corrected chi connectivity index (χ2v) is 6.08. The number of unbranched alkanes of at least 4 members (excludes halogenated alkanes) is 1. The monoisotopic (exact) mass is 333 g/mol. The summed E-state index contributed by atoms with van der Waals surface area (Å²) in [4.78, 5) is 23.5. The molecule has 2 aromatic rings. The average molecular weight is 333 g/mol. The number of nitrogens with one attached hydrogen (secondary N) is 1. The molecule has 1 aliphatic rings. The van der Waals surface area contributed by atoms with E-state index in [9.17, 15) is 4.79 Å². The van der Waals surface area contributed by atoms with Gasteiger partial charge in [0.05, 0.1) is 19.0 Å². The Labute approximate surface area is 139 Å². The number of aromatic nitrogens is 4. The Balaban J connectivity index is 1.90. The number of rotatable bonds is 6. The molecule has 0 aliphatic carbocycles. The zero-order chi connectivity index (χ0) is 17.1. The van der Waals surface area contributed by atoms with Crippen LogP contribution in [0.4, 0.5) is 5.82 Å². The number of aromatic amines is 1. The van der Waals surface area contributed by atoms with E-state index in [0.29, 0.717) is 30.9 Å². The first-order chi connectivity index (χ1) is 11.6. The van der Waals surface area contributed by atoms with Crippen LogP contribution in [0.2, 0.25) is 0 Å². The molecule has 3 rings (SSSR count). The highest BCUT2D eigenvalue weighted by atomic mass is 16.5. The number of ether oxygens (including phenoxy) is 2. The Morgan fingerprint density at radius 1 is 1.50 bits per heavy atom. The van der Waals surface area contributed by atoms with Crippen molar-refractivity contribution >= 4 is 17.0 Å². The van der Waals surface area contributed by atoms with Gasteiger partial charge in [-0.1, -0.05) is 19.9 Å². The average Bonchev–Trinajstić information content (AvgIpc) is 2.85. The normalized spacial score (nSPS) is 17.9. The Morgan fingerprint density at radius 2 is 2.33 bits per heavy atom. The third kappa shape index (κ3) is 3.37. The Morgan fingerprint density at radius 3 is 3.08 bits per heavy atom. The fraction of sp³-hybridized carbons (Fsp3) is 0.562. The molecule has 24 heavy (non-hydrogen) atoms. The summed E-state index contributed by atoms with van der Waals surface area (Å²) in [6.45, 7) is 7.63. The Hall–Kier alpha value is -2.51. The van der Waals surface area contributed by atoms with Gasteiger partial charge in [0, 0.05) is 13.0 Å². The lowest BCUT2D eigenvalue weighted by atomic mass is 9.99. The molecule has 130 valence electrons. The van der Waals surface area contributed by atoms with Crippen molar-refractivity contribution in [1.29, 1.82) is 0 Å². The molecule has 0 radical (unpaired) electrons. The minimum atomic E-state index is -0.242. The quantitative estimate of drug-likeness (QED) is 0.781. The predicted octanol–water partition coefficient (Wildman–Crippen LogP) is 1.82. The van der Waals surface area contributed by atoms with E-state index in [2.05, 4.69) is 28.5 Å². The van der Waals surface area contributed by atoms with E-state index in [1.54, 1.807) is 4.57 Å². The van der Waals surface area contributed by atoms with Crippen molar-refractivity contribution in [3.8, 4) is 6.01 Å². The fourth-order valence-corrected chi connectivity index (χ4v) is 2.84. The predicted molar refractivity (Wildman–Crippen MR) is 90.8 cm³/mol. The van der Waals surface area contributed by atoms with Crippen LogP contribution < -0.4 is 16.2 Å². The molecule has 0 bridgehead atoms. The fourth-order valence-electron chi connectivity index (χ4n) is 2.84. The van der Waals surface area contributed by atoms with Crippen molar-refractivity contribution in [2.45, 2.75) is 39.2 Å². The van der Waals surface area contributed by atoms with Crippen molar-refractivity contribution in [3.05, 3.63) is 22.8 Å². The van der Waals surface area contributed by atoms with Crippen LogP contribution in [0.3, 0.4) is 0 Å². The second-order valence-electron chi connectivity index (χ2n) is 6.08. The van der Waals surface area contributed by atoms with Crippen LogP contribution in [0.15, 0.2) is 17.1 Å². The highest BCUT2D eigenvalue weighted by Gasteiger charge is 2.21. The molecule has 1 unspecified atom stereocenters. The molecule has 3 heterocycles. The van der Waals surface area contributed by atoms with Gasteiger partial charge in [-0.3, -0.25) is 4.57 Å². The maximum atomic E-state index is 12.3. The number of fused-ring (bicyclic) bond motifs is 1. The van der Waals surface area contributed by atoms with E-state index in [4.69, 9.17) is 15.2 Å². The number of nitrogens with two attached hydrogens (primary N) is 1. The molecule has 3 N–H and O–H groups in total. The van der Waals surface area contributed by atoms with Crippen molar-refractivity contribution in [2.75, 3.05) is 18.9 Å². The van der Waals surface area contributed by atoms with E-state index in [1.807, 2.05) is 0 Å². The lowest BCUT2D eigenvalue weighted by molar-refractivity contribution is 0.126. The second kappa shape index (κ2) is 6.94. The lowest BCUT2D eigenvalue weighted by Gasteiger charge is -2.24. The summed E-state index contributed by atoms with van der Waals surface area (Å²) in [5.74, 6) is 1.26. The maximum Gasteiger partial charge on any atom is 0.327 e. The van der Waals surface area contributed by atoms with Gasteiger partial charge < -0.3 is 20.2 Å². The van der Waals surface area contributed by atoms with Crippen LogP contribution in [0.5, 0.6) is 6.01 Å². The van der Waals surface area contributed by atoms with Gasteiger partial charge in [-0.05, 0) is 18.8 Å². The number of H-pyrrole nitrogens is 1. The molecular weight excluding hydrogens is 310 g/mol. The molecule has 1 fully saturated rings. The third-order valence-electron chi connectivity index (χ3n) is 4.15. The molecule has 1 atom stereocenters. The van der Waals surface area contributed by atoms with E-state index in [0.717, 1.165) is 31.4 Å². The number of allylic oxidation sites excluding steroid dienone is 1. The van der Waals surface area contributed by atoms with Gasteiger partial charge in [0.1, 0.15) is 5.52 Å². The minimum absolute atomic E-state index is 0.206. The van der Waals surface area contributed by atoms with Crippen molar-refractivity contribution in [3.63, 3.8) is 0 Å². The van der Waals surface area contributed by atoms with Gasteiger partial charge in [-0.2, -0.15) is 9.97 Å². The summed E-state index contributed by atoms with van der Waals surface area (Å²) in [6, 6.07) is 0.206. The van der Waals surface area contributed by atoms with Gasteiger partial charge in [-0.25, -0.2) is 4.79 Å². The number of anilines is 1. The van der Waals surface area contributed by atoms with Crippen molar-refractivity contribution in [2.24, 2.45) is 5.92 Å². The van der Waals surface area contributed by atoms with E-state index in [1.165, 1.54) is 0 Å². The molecule has 1 saturated heterocycles. The summed E-state index contributed by atoms with van der Waals surface area (Å²) in [7, 11) is 0. The van der Waals surface area contributed by atoms with Crippen LogP contribution in [0, 0.1) is 5.92 Å². The first-order valence-electron chi connectivity index (χ1n) is 8.28. The third-order valence-corrected chi connectivity index (χ3v) is 4.15. The maximum absolute atomic E-state index is 12.3. The molecular formula is C16H23N5O3. The molecule has 2 aromatic heterocycles. The van der Waals surface area contributed by atoms with Crippen LogP contribution in [0.25, 0.3) is 11.2 Å². The smallest absolute Gasteiger partial charge is 0.327 e. The summed E-state index contributed by atoms with van der Waals surface area (Å²) >= 11 is 0. The van der Waals surface area contributed by atoms with Gasteiger partial charge in [0.25, 0.3) is 0 Å². The van der Waals surface area contributed by atoms with Crippen LogP contribution in [0.1, 0.15) is 32.6 Å². The van der Waals surface area contributed by atoms with Crippen LogP contribution in [-0.2, 0) is 11.3 Å².